The van der Waals surface area contributed by atoms with Crippen molar-refractivity contribution in [1.29, 1.82) is 0 Å². The molecule has 0 unspecified atom stereocenters. The van der Waals surface area contributed by atoms with Crippen LogP contribution in [0.4, 0.5) is 5.69 Å². The lowest BCUT2D eigenvalue weighted by atomic mass is 10.0. The molecule has 2 rings (SSSR count). The first-order valence-electron chi connectivity index (χ1n) is 9.81. The summed E-state index contributed by atoms with van der Waals surface area (Å²) in [5, 5.41) is 13.9. The quantitative estimate of drug-likeness (QED) is 0.204. The summed E-state index contributed by atoms with van der Waals surface area (Å²) in [4.78, 5) is 35.8. The van der Waals surface area contributed by atoms with Gasteiger partial charge in [0.25, 0.3) is 11.8 Å². The molecule has 0 spiro atoms. The number of nitrogens with two attached hydrogens (primary N) is 3. The summed E-state index contributed by atoms with van der Waals surface area (Å²) in [6.07, 6.45) is 1.21. The SMILES string of the molecule is NCCC[C@H](N)C(=O)Nc1ccc(-c2ccc(C(=O)N[C@@H](CN)C(=O)NO)cc2)cc1. The molecule has 0 saturated heterocycles. The van der Waals surface area contributed by atoms with Crippen LogP contribution in [0, 0.1) is 0 Å². The van der Waals surface area contributed by atoms with Crippen molar-refractivity contribution in [2.45, 2.75) is 24.9 Å². The normalized spacial score (nSPS) is 12.5. The lowest BCUT2D eigenvalue weighted by Crippen LogP contribution is -2.50. The standard InChI is InChI=1S/C21H28N6O4/c22-11-1-2-17(24)20(29)25-16-9-7-14(8-10-16)13-3-5-15(6-4-13)19(28)26-18(12-23)21(30)27-31/h3-10,17-18,31H,1-2,11-12,22-24H2,(H,25,29)(H,26,28)(H,27,30)/t17-,18-/m0/s1. The van der Waals surface area contributed by atoms with Crippen LogP contribution in [0.5, 0.6) is 0 Å². The summed E-state index contributed by atoms with van der Waals surface area (Å²) in [5.41, 5.74) is 20.9. The first kappa shape index (κ1) is 24.0. The molecule has 10 nitrogen and oxygen atoms in total. The molecule has 166 valence electrons. The van der Waals surface area contributed by atoms with E-state index in [1.807, 2.05) is 12.1 Å². The average Bonchev–Trinajstić information content (AvgIpc) is 2.80. The van der Waals surface area contributed by atoms with Crippen molar-refractivity contribution in [1.82, 2.24) is 10.8 Å². The van der Waals surface area contributed by atoms with Gasteiger partial charge in [0.05, 0.1) is 6.04 Å². The van der Waals surface area contributed by atoms with Gasteiger partial charge in [0.2, 0.25) is 5.91 Å². The minimum Gasteiger partial charge on any atom is -0.339 e. The van der Waals surface area contributed by atoms with Crippen molar-refractivity contribution in [3.8, 4) is 11.1 Å². The zero-order chi connectivity index (χ0) is 22.8. The molecule has 0 bridgehead atoms. The highest BCUT2D eigenvalue weighted by molar-refractivity contribution is 5.98. The lowest BCUT2D eigenvalue weighted by molar-refractivity contribution is -0.130. The number of benzene rings is 2. The summed E-state index contributed by atoms with van der Waals surface area (Å²) >= 11 is 0. The number of hydroxylamine groups is 1. The molecule has 0 radical (unpaired) electrons. The van der Waals surface area contributed by atoms with E-state index < -0.39 is 23.9 Å². The van der Waals surface area contributed by atoms with Gasteiger partial charge in [-0.05, 0) is 54.8 Å². The maximum Gasteiger partial charge on any atom is 0.267 e. The molecule has 0 aromatic heterocycles. The van der Waals surface area contributed by atoms with Gasteiger partial charge in [0.15, 0.2) is 0 Å². The molecular formula is C21H28N6O4. The number of hydrogen-bond donors (Lipinski definition) is 7. The van der Waals surface area contributed by atoms with Crippen LogP contribution in [0.25, 0.3) is 11.1 Å². The molecule has 31 heavy (non-hydrogen) atoms. The van der Waals surface area contributed by atoms with Gasteiger partial charge in [-0.15, -0.1) is 0 Å². The summed E-state index contributed by atoms with van der Waals surface area (Å²) in [7, 11) is 0. The van der Waals surface area contributed by atoms with Crippen molar-refractivity contribution in [2.24, 2.45) is 17.2 Å². The molecule has 0 aliphatic carbocycles. The van der Waals surface area contributed by atoms with Gasteiger partial charge in [0, 0.05) is 17.8 Å². The Morgan fingerprint density at radius 1 is 0.903 bits per heavy atom. The van der Waals surface area contributed by atoms with Gasteiger partial charge >= 0.3 is 0 Å². The van der Waals surface area contributed by atoms with Crippen LogP contribution >= 0.6 is 0 Å². The Morgan fingerprint density at radius 2 is 1.48 bits per heavy atom. The number of rotatable bonds is 10. The zero-order valence-electron chi connectivity index (χ0n) is 17.0. The molecule has 2 aromatic carbocycles. The first-order valence-corrected chi connectivity index (χ1v) is 9.81. The maximum absolute atomic E-state index is 12.3. The third-order valence-electron chi connectivity index (χ3n) is 4.66. The Kier molecular flexibility index (Phi) is 9.10. The molecule has 10 heteroatoms. The molecule has 10 N–H and O–H groups in total. The van der Waals surface area contributed by atoms with E-state index in [2.05, 4.69) is 10.6 Å². The van der Waals surface area contributed by atoms with E-state index in [9.17, 15) is 14.4 Å². The molecule has 0 aliphatic rings. The number of carbonyl (C=O) groups excluding carboxylic acids is 3. The highest BCUT2D eigenvalue weighted by Gasteiger charge is 2.19. The van der Waals surface area contributed by atoms with Crippen molar-refractivity contribution in [2.75, 3.05) is 18.4 Å². The Labute approximate surface area is 180 Å². The van der Waals surface area contributed by atoms with E-state index in [4.69, 9.17) is 22.4 Å². The minimum absolute atomic E-state index is 0.156. The van der Waals surface area contributed by atoms with Gasteiger partial charge in [-0.2, -0.15) is 0 Å². The van der Waals surface area contributed by atoms with Gasteiger partial charge in [-0.1, -0.05) is 24.3 Å². The second kappa shape index (κ2) is 11.8. The molecule has 3 amide bonds. The molecule has 0 aliphatic heterocycles. The molecule has 0 heterocycles. The van der Waals surface area contributed by atoms with Crippen LogP contribution in [0.3, 0.4) is 0 Å². The Bertz CT molecular complexity index is 886. The van der Waals surface area contributed by atoms with E-state index in [-0.39, 0.29) is 12.5 Å². The summed E-state index contributed by atoms with van der Waals surface area (Å²) in [6.45, 7) is 0.332. The Hall–Kier alpha value is -3.31. The third kappa shape index (κ3) is 6.86. The molecule has 2 atom stereocenters. The molecule has 0 fully saturated rings. The monoisotopic (exact) mass is 428 g/mol. The largest absolute Gasteiger partial charge is 0.339 e. The highest BCUT2D eigenvalue weighted by atomic mass is 16.5. The second-order valence-corrected chi connectivity index (χ2v) is 6.92. The van der Waals surface area contributed by atoms with Gasteiger partial charge < -0.3 is 27.8 Å². The smallest absolute Gasteiger partial charge is 0.267 e. The average molecular weight is 428 g/mol. The van der Waals surface area contributed by atoms with Crippen LogP contribution in [0.2, 0.25) is 0 Å². The van der Waals surface area contributed by atoms with Gasteiger partial charge in [0.1, 0.15) is 6.04 Å². The predicted octanol–water partition coefficient (Wildman–Crippen LogP) is -0.0792. The lowest BCUT2D eigenvalue weighted by Gasteiger charge is -2.14. The number of hydrogen-bond acceptors (Lipinski definition) is 7. The van der Waals surface area contributed by atoms with Crippen LogP contribution in [0.1, 0.15) is 23.2 Å². The van der Waals surface area contributed by atoms with Crippen molar-refractivity contribution in [3.05, 3.63) is 54.1 Å². The van der Waals surface area contributed by atoms with Crippen molar-refractivity contribution in [3.63, 3.8) is 0 Å². The van der Waals surface area contributed by atoms with E-state index in [1.54, 1.807) is 36.4 Å². The van der Waals surface area contributed by atoms with E-state index >= 15 is 0 Å². The number of anilines is 1. The van der Waals surface area contributed by atoms with Crippen molar-refractivity contribution >= 4 is 23.4 Å². The predicted molar refractivity (Wildman–Crippen MR) is 117 cm³/mol. The fourth-order valence-electron chi connectivity index (χ4n) is 2.81. The van der Waals surface area contributed by atoms with Crippen molar-refractivity contribution < 1.29 is 19.6 Å². The van der Waals surface area contributed by atoms with Crippen LogP contribution in [-0.4, -0.2) is 48.1 Å². The fourth-order valence-corrected chi connectivity index (χ4v) is 2.81. The van der Waals surface area contributed by atoms with Crippen LogP contribution in [0.15, 0.2) is 48.5 Å². The van der Waals surface area contributed by atoms with Gasteiger partial charge in [-0.3, -0.25) is 19.6 Å². The molecule has 0 saturated carbocycles. The van der Waals surface area contributed by atoms with Gasteiger partial charge in [-0.25, -0.2) is 5.48 Å². The Morgan fingerprint density at radius 3 is 2.00 bits per heavy atom. The Balaban J connectivity index is 2.00. The third-order valence-corrected chi connectivity index (χ3v) is 4.66. The summed E-state index contributed by atoms with van der Waals surface area (Å²) in [5.74, 6) is -1.54. The molecule has 2 aromatic rings. The first-order chi connectivity index (χ1) is 14.9. The maximum atomic E-state index is 12.3. The van der Waals surface area contributed by atoms with E-state index in [0.717, 1.165) is 11.1 Å². The zero-order valence-corrected chi connectivity index (χ0v) is 17.0. The molecular weight excluding hydrogens is 400 g/mol. The number of carbonyl (C=O) groups is 3. The van der Waals surface area contributed by atoms with E-state index in [0.29, 0.717) is 30.6 Å². The van der Waals surface area contributed by atoms with E-state index in [1.165, 1.54) is 5.48 Å². The van der Waals surface area contributed by atoms with Crippen LogP contribution in [-0.2, 0) is 9.59 Å². The topological polar surface area (TPSA) is 186 Å². The summed E-state index contributed by atoms with van der Waals surface area (Å²) < 4.78 is 0. The minimum atomic E-state index is -1.04. The number of amides is 3. The summed E-state index contributed by atoms with van der Waals surface area (Å²) in [6, 6.07) is 12.3. The fraction of sp³-hybridized carbons (Fsp3) is 0.286. The number of nitrogens with one attached hydrogen (secondary N) is 3. The highest BCUT2D eigenvalue weighted by Crippen LogP contribution is 2.22. The van der Waals surface area contributed by atoms with Crippen LogP contribution < -0.4 is 33.3 Å². The second-order valence-electron chi connectivity index (χ2n) is 6.92.